The van der Waals surface area contributed by atoms with Crippen molar-refractivity contribution in [3.05, 3.63) is 33.4 Å². The molecule has 0 spiro atoms. The van der Waals surface area contributed by atoms with Crippen LogP contribution in [-0.4, -0.2) is 6.54 Å². The van der Waals surface area contributed by atoms with Crippen LogP contribution in [0.15, 0.2) is 0 Å². The van der Waals surface area contributed by atoms with Crippen LogP contribution in [0.2, 0.25) is 0 Å². The lowest BCUT2D eigenvalue weighted by Crippen LogP contribution is -2.23. The largest absolute Gasteiger partial charge is 0.329 e. The Labute approximate surface area is 105 Å². The number of benzene rings is 1. The van der Waals surface area contributed by atoms with Crippen LogP contribution in [-0.2, 0) is 0 Å². The predicted octanol–water partition coefficient (Wildman–Crippen LogP) is 2.61. The van der Waals surface area contributed by atoms with Crippen molar-refractivity contribution < 1.29 is 0 Å². The zero-order valence-corrected chi connectivity index (χ0v) is 11.7. The fourth-order valence-electron chi connectivity index (χ4n) is 2.20. The van der Waals surface area contributed by atoms with E-state index in [-0.39, 0.29) is 18.4 Å². The van der Waals surface area contributed by atoms with E-state index in [0.717, 1.165) is 0 Å². The summed E-state index contributed by atoms with van der Waals surface area (Å²) >= 11 is 0. The van der Waals surface area contributed by atoms with Gasteiger partial charge in [-0.1, -0.05) is 0 Å². The molecule has 0 aliphatic rings. The minimum atomic E-state index is -0.0389. The quantitative estimate of drug-likeness (QED) is 0.838. The average molecular weight is 243 g/mol. The van der Waals surface area contributed by atoms with Crippen LogP contribution < -0.4 is 11.5 Å². The first-order chi connectivity index (χ1) is 6.91. The molecule has 16 heavy (non-hydrogen) atoms. The third-order valence-electron chi connectivity index (χ3n) is 3.68. The molecule has 0 fully saturated rings. The molecular formula is C13H23ClN2. The lowest BCUT2D eigenvalue weighted by atomic mass is 9.86. The minimum Gasteiger partial charge on any atom is -0.329 e. The molecule has 4 N–H and O–H groups in total. The lowest BCUT2D eigenvalue weighted by molar-refractivity contribution is 0.722. The summed E-state index contributed by atoms with van der Waals surface area (Å²) in [5.41, 5.74) is 19.6. The number of hydrogen-bond donors (Lipinski definition) is 2. The van der Waals surface area contributed by atoms with Crippen molar-refractivity contribution in [1.82, 2.24) is 0 Å². The monoisotopic (exact) mass is 242 g/mol. The van der Waals surface area contributed by atoms with Crippen molar-refractivity contribution in [1.29, 1.82) is 0 Å². The number of nitrogens with two attached hydrogens (primary N) is 2. The summed E-state index contributed by atoms with van der Waals surface area (Å²) in [7, 11) is 0. The Balaban J connectivity index is 0.00000225. The lowest BCUT2D eigenvalue weighted by Gasteiger charge is -2.22. The maximum Gasteiger partial charge on any atom is 0.0424 e. The van der Waals surface area contributed by atoms with Crippen molar-refractivity contribution >= 4 is 12.4 Å². The van der Waals surface area contributed by atoms with Crippen molar-refractivity contribution in [3.8, 4) is 0 Å². The Kier molecular flexibility index (Phi) is 5.47. The molecule has 0 aliphatic carbocycles. The fourth-order valence-corrected chi connectivity index (χ4v) is 2.20. The number of rotatable bonds is 2. The van der Waals surface area contributed by atoms with Crippen LogP contribution in [0.25, 0.3) is 0 Å². The van der Waals surface area contributed by atoms with E-state index in [1.807, 2.05) is 0 Å². The summed E-state index contributed by atoms with van der Waals surface area (Å²) < 4.78 is 0. The molecule has 0 aliphatic heterocycles. The van der Waals surface area contributed by atoms with Crippen LogP contribution in [0.5, 0.6) is 0 Å². The summed E-state index contributed by atoms with van der Waals surface area (Å²) in [5, 5.41) is 0. The Bertz CT molecular complexity index is 357. The molecular weight excluding hydrogens is 220 g/mol. The molecule has 92 valence electrons. The third-order valence-corrected chi connectivity index (χ3v) is 3.68. The van der Waals surface area contributed by atoms with Gasteiger partial charge < -0.3 is 11.5 Å². The van der Waals surface area contributed by atoms with Crippen LogP contribution in [0.4, 0.5) is 0 Å². The molecule has 0 amide bonds. The maximum absolute atomic E-state index is 6.06. The highest BCUT2D eigenvalue weighted by molar-refractivity contribution is 5.85. The van der Waals surface area contributed by atoms with E-state index in [4.69, 9.17) is 11.5 Å². The van der Waals surface area contributed by atoms with E-state index in [9.17, 15) is 0 Å². The highest BCUT2D eigenvalue weighted by Crippen LogP contribution is 2.28. The van der Waals surface area contributed by atoms with Crippen LogP contribution in [0.1, 0.15) is 39.4 Å². The van der Waals surface area contributed by atoms with Crippen molar-refractivity contribution in [2.75, 3.05) is 6.54 Å². The van der Waals surface area contributed by atoms with E-state index in [1.165, 1.54) is 33.4 Å². The molecule has 0 heterocycles. The molecule has 0 bridgehead atoms. The van der Waals surface area contributed by atoms with E-state index < -0.39 is 0 Å². The Morgan fingerprint density at radius 2 is 1.12 bits per heavy atom. The van der Waals surface area contributed by atoms with Gasteiger partial charge in [-0.3, -0.25) is 0 Å². The second-order valence-electron chi connectivity index (χ2n) is 4.38. The standard InChI is InChI=1S/C13H22N2.ClH/c1-7-8(2)10(4)13(12(15)6-14)11(5)9(7)3;/h12H,6,14-15H2,1-5H3;1H/t12-;/m1./s1. The normalized spacial score (nSPS) is 12.2. The third kappa shape index (κ3) is 2.40. The molecule has 2 nitrogen and oxygen atoms in total. The van der Waals surface area contributed by atoms with Gasteiger partial charge in [-0.2, -0.15) is 0 Å². The summed E-state index contributed by atoms with van der Waals surface area (Å²) in [6.45, 7) is 11.3. The molecule has 0 aromatic heterocycles. The van der Waals surface area contributed by atoms with Gasteiger partial charge >= 0.3 is 0 Å². The molecule has 1 rings (SSSR count). The van der Waals surface area contributed by atoms with Gasteiger partial charge in [0.15, 0.2) is 0 Å². The first-order valence-electron chi connectivity index (χ1n) is 5.44. The smallest absolute Gasteiger partial charge is 0.0424 e. The Morgan fingerprint density at radius 1 is 0.812 bits per heavy atom. The zero-order valence-electron chi connectivity index (χ0n) is 10.8. The maximum atomic E-state index is 6.06. The van der Waals surface area contributed by atoms with Crippen LogP contribution in [0, 0.1) is 34.6 Å². The number of halogens is 1. The van der Waals surface area contributed by atoms with Gasteiger partial charge in [-0.25, -0.2) is 0 Å². The summed E-state index contributed by atoms with van der Waals surface area (Å²) in [4.78, 5) is 0. The Morgan fingerprint density at radius 3 is 1.44 bits per heavy atom. The topological polar surface area (TPSA) is 52.0 Å². The second kappa shape index (κ2) is 5.67. The SMILES string of the molecule is Cc1c(C)c(C)c([C@H](N)CN)c(C)c1C.Cl. The van der Waals surface area contributed by atoms with E-state index in [2.05, 4.69) is 34.6 Å². The predicted molar refractivity (Wildman–Crippen MR) is 73.4 cm³/mol. The highest BCUT2D eigenvalue weighted by atomic mass is 35.5. The van der Waals surface area contributed by atoms with Crippen molar-refractivity contribution in [3.63, 3.8) is 0 Å². The highest BCUT2D eigenvalue weighted by Gasteiger charge is 2.16. The zero-order chi connectivity index (χ0) is 11.7. The summed E-state index contributed by atoms with van der Waals surface area (Å²) in [6, 6.07) is -0.0389. The van der Waals surface area contributed by atoms with Gasteiger partial charge in [-0.05, 0) is 68.0 Å². The average Bonchev–Trinajstić information content (AvgIpc) is 2.23. The van der Waals surface area contributed by atoms with E-state index in [0.29, 0.717) is 6.54 Å². The second-order valence-corrected chi connectivity index (χ2v) is 4.38. The van der Waals surface area contributed by atoms with Crippen LogP contribution in [0.3, 0.4) is 0 Å². The minimum absolute atomic E-state index is 0. The van der Waals surface area contributed by atoms with Gasteiger partial charge in [0.05, 0.1) is 0 Å². The van der Waals surface area contributed by atoms with Crippen molar-refractivity contribution in [2.45, 2.75) is 40.7 Å². The molecule has 1 atom stereocenters. The molecule has 1 aromatic rings. The first-order valence-corrected chi connectivity index (χ1v) is 5.44. The van der Waals surface area contributed by atoms with E-state index in [1.54, 1.807) is 0 Å². The van der Waals surface area contributed by atoms with Crippen LogP contribution >= 0.6 is 12.4 Å². The first kappa shape index (κ1) is 15.4. The number of hydrogen-bond acceptors (Lipinski definition) is 2. The van der Waals surface area contributed by atoms with Gasteiger partial charge in [-0.15, -0.1) is 12.4 Å². The molecule has 0 radical (unpaired) electrons. The molecule has 0 unspecified atom stereocenters. The van der Waals surface area contributed by atoms with E-state index >= 15 is 0 Å². The summed E-state index contributed by atoms with van der Waals surface area (Å²) in [6.07, 6.45) is 0. The fraction of sp³-hybridized carbons (Fsp3) is 0.538. The molecule has 3 heteroatoms. The van der Waals surface area contributed by atoms with Gasteiger partial charge in [0.1, 0.15) is 0 Å². The van der Waals surface area contributed by atoms with Gasteiger partial charge in [0.2, 0.25) is 0 Å². The summed E-state index contributed by atoms with van der Waals surface area (Å²) in [5.74, 6) is 0. The van der Waals surface area contributed by atoms with Gasteiger partial charge in [0, 0.05) is 12.6 Å². The molecule has 0 saturated heterocycles. The van der Waals surface area contributed by atoms with Crippen molar-refractivity contribution in [2.24, 2.45) is 11.5 Å². The molecule has 0 saturated carbocycles. The van der Waals surface area contributed by atoms with Gasteiger partial charge in [0.25, 0.3) is 0 Å². The molecule has 1 aromatic carbocycles. The Hall–Kier alpha value is -0.570.